The number of hydrogen-bond donors (Lipinski definition) is 0. The first-order valence-corrected chi connectivity index (χ1v) is 6.93. The number of piperidine rings is 1. The fraction of sp³-hybridized carbons (Fsp3) is 0.533. The first-order valence-electron chi connectivity index (χ1n) is 6.55. The molecule has 1 fully saturated rings. The lowest BCUT2D eigenvalue weighted by Crippen LogP contribution is -2.49. The van der Waals surface area contributed by atoms with E-state index < -0.39 is 5.54 Å². The molecule has 0 aromatic heterocycles. The van der Waals surface area contributed by atoms with Crippen molar-refractivity contribution in [2.24, 2.45) is 0 Å². The number of likely N-dealkylation sites (tertiary alicyclic amines) is 1. The van der Waals surface area contributed by atoms with Gasteiger partial charge in [0.2, 0.25) is 0 Å². The van der Waals surface area contributed by atoms with E-state index in [0.717, 1.165) is 30.1 Å². The Morgan fingerprint density at radius 3 is 2.67 bits per heavy atom. The van der Waals surface area contributed by atoms with Gasteiger partial charge in [-0.25, -0.2) is 0 Å². The molecule has 1 heterocycles. The molecule has 0 amide bonds. The summed E-state index contributed by atoms with van der Waals surface area (Å²) in [5.74, 6) is 0. The summed E-state index contributed by atoms with van der Waals surface area (Å²) in [5.41, 5.74) is 0.725. The summed E-state index contributed by atoms with van der Waals surface area (Å²) in [5, 5.41) is 10.3. The lowest BCUT2D eigenvalue weighted by Gasteiger charge is -2.38. The molecule has 1 unspecified atom stereocenters. The molecule has 2 nitrogen and oxygen atoms in total. The standard InChI is InChI=1S/C15H19ClN2/c1-15(12-17,18-8-3-2-4-9-18)11-13-6-5-7-14(16)10-13/h5-7,10H,2-4,8-9,11H2,1H3. The van der Waals surface area contributed by atoms with Gasteiger partial charge >= 0.3 is 0 Å². The highest BCUT2D eigenvalue weighted by Crippen LogP contribution is 2.25. The molecule has 2 rings (SSSR count). The Morgan fingerprint density at radius 2 is 2.06 bits per heavy atom. The highest BCUT2D eigenvalue weighted by Gasteiger charge is 2.32. The summed E-state index contributed by atoms with van der Waals surface area (Å²) in [6.07, 6.45) is 4.43. The first kappa shape index (κ1) is 13.4. The number of nitrogens with zero attached hydrogens (tertiary/aromatic N) is 2. The summed E-state index contributed by atoms with van der Waals surface area (Å²) in [6, 6.07) is 10.3. The molecule has 18 heavy (non-hydrogen) atoms. The quantitative estimate of drug-likeness (QED) is 0.831. The molecule has 0 spiro atoms. The second kappa shape index (κ2) is 5.73. The minimum atomic E-state index is -0.412. The van der Waals surface area contributed by atoms with E-state index in [1.54, 1.807) is 0 Å². The molecule has 0 bridgehead atoms. The third-order valence-electron chi connectivity index (χ3n) is 3.73. The predicted molar refractivity (Wildman–Crippen MR) is 74.6 cm³/mol. The summed E-state index contributed by atoms with van der Waals surface area (Å²) in [4.78, 5) is 2.32. The Labute approximate surface area is 114 Å². The van der Waals surface area contributed by atoms with Crippen LogP contribution in [0.4, 0.5) is 0 Å². The van der Waals surface area contributed by atoms with Crippen LogP contribution < -0.4 is 0 Å². The van der Waals surface area contributed by atoms with Gasteiger partial charge in [-0.3, -0.25) is 4.90 Å². The molecule has 3 heteroatoms. The largest absolute Gasteiger partial charge is 0.285 e. The van der Waals surface area contributed by atoms with Crippen molar-refractivity contribution in [3.05, 3.63) is 34.9 Å². The molecule has 1 saturated heterocycles. The van der Waals surface area contributed by atoms with Crippen LogP contribution in [0.2, 0.25) is 5.02 Å². The minimum absolute atomic E-state index is 0.412. The molecule has 0 radical (unpaired) electrons. The SMILES string of the molecule is CC(C#N)(Cc1cccc(Cl)c1)N1CCCCC1. The molecule has 1 atom stereocenters. The van der Waals surface area contributed by atoms with Crippen molar-refractivity contribution >= 4 is 11.6 Å². The number of rotatable bonds is 3. The molecule has 1 aliphatic rings. The van der Waals surface area contributed by atoms with Crippen LogP contribution in [0, 0.1) is 11.3 Å². The van der Waals surface area contributed by atoms with Gasteiger partial charge in [0.1, 0.15) is 5.54 Å². The van der Waals surface area contributed by atoms with Gasteiger partial charge in [-0.15, -0.1) is 0 Å². The van der Waals surface area contributed by atoms with Crippen LogP contribution in [-0.2, 0) is 6.42 Å². The Kier molecular flexibility index (Phi) is 4.27. The van der Waals surface area contributed by atoms with Crippen LogP contribution in [0.25, 0.3) is 0 Å². The molecule has 0 N–H and O–H groups in total. The van der Waals surface area contributed by atoms with Gasteiger partial charge < -0.3 is 0 Å². The highest BCUT2D eigenvalue weighted by molar-refractivity contribution is 6.30. The normalized spacial score (nSPS) is 20.1. The van der Waals surface area contributed by atoms with Gasteiger partial charge in [0.05, 0.1) is 6.07 Å². The van der Waals surface area contributed by atoms with E-state index in [2.05, 4.69) is 11.0 Å². The minimum Gasteiger partial charge on any atom is -0.285 e. The number of halogens is 1. The van der Waals surface area contributed by atoms with Gasteiger partial charge in [-0.1, -0.05) is 30.2 Å². The molecule has 0 saturated carbocycles. The average molecular weight is 263 g/mol. The van der Waals surface area contributed by atoms with Gasteiger partial charge in [-0.2, -0.15) is 5.26 Å². The summed E-state index contributed by atoms with van der Waals surface area (Å²) in [7, 11) is 0. The van der Waals surface area contributed by atoms with Crippen molar-refractivity contribution < 1.29 is 0 Å². The van der Waals surface area contributed by atoms with E-state index in [1.165, 1.54) is 19.3 Å². The molecule has 96 valence electrons. The van der Waals surface area contributed by atoms with E-state index in [-0.39, 0.29) is 0 Å². The predicted octanol–water partition coefficient (Wildman–Crippen LogP) is 3.65. The fourth-order valence-electron chi connectivity index (χ4n) is 2.65. The lowest BCUT2D eigenvalue weighted by atomic mass is 9.90. The summed E-state index contributed by atoms with van der Waals surface area (Å²) < 4.78 is 0. The third-order valence-corrected chi connectivity index (χ3v) is 3.97. The molecular weight excluding hydrogens is 244 g/mol. The van der Waals surface area contributed by atoms with Crippen molar-refractivity contribution in [2.45, 2.75) is 38.1 Å². The molecule has 1 aromatic carbocycles. The Hall–Kier alpha value is -1.04. The van der Waals surface area contributed by atoms with Crippen LogP contribution in [0.1, 0.15) is 31.7 Å². The molecular formula is C15H19ClN2. The van der Waals surface area contributed by atoms with Crippen LogP contribution in [0.5, 0.6) is 0 Å². The van der Waals surface area contributed by atoms with Crippen molar-refractivity contribution in [3.63, 3.8) is 0 Å². The topological polar surface area (TPSA) is 27.0 Å². The van der Waals surface area contributed by atoms with Gasteiger partial charge in [0.25, 0.3) is 0 Å². The van der Waals surface area contributed by atoms with Crippen molar-refractivity contribution in [1.29, 1.82) is 5.26 Å². The first-order chi connectivity index (χ1) is 8.64. The van der Waals surface area contributed by atoms with Crippen molar-refractivity contribution in [1.82, 2.24) is 4.90 Å². The number of hydrogen-bond acceptors (Lipinski definition) is 2. The average Bonchev–Trinajstić information content (AvgIpc) is 2.39. The fourth-order valence-corrected chi connectivity index (χ4v) is 2.87. The maximum Gasteiger partial charge on any atom is 0.110 e. The Balaban J connectivity index is 2.15. The molecule has 1 aliphatic heterocycles. The van der Waals surface area contributed by atoms with Crippen molar-refractivity contribution in [3.8, 4) is 6.07 Å². The van der Waals surface area contributed by atoms with E-state index in [1.807, 2.05) is 31.2 Å². The molecule has 1 aromatic rings. The van der Waals surface area contributed by atoms with Crippen molar-refractivity contribution in [2.75, 3.05) is 13.1 Å². The second-order valence-electron chi connectivity index (χ2n) is 5.24. The maximum atomic E-state index is 9.54. The highest BCUT2D eigenvalue weighted by atomic mass is 35.5. The monoisotopic (exact) mass is 262 g/mol. The smallest absolute Gasteiger partial charge is 0.110 e. The zero-order valence-corrected chi connectivity index (χ0v) is 11.6. The van der Waals surface area contributed by atoms with Gasteiger partial charge in [0, 0.05) is 11.4 Å². The third kappa shape index (κ3) is 3.04. The Bertz CT molecular complexity index is 446. The van der Waals surface area contributed by atoms with Crippen LogP contribution in [0.3, 0.4) is 0 Å². The van der Waals surface area contributed by atoms with Gasteiger partial charge in [-0.05, 0) is 50.6 Å². The number of benzene rings is 1. The zero-order valence-electron chi connectivity index (χ0n) is 10.8. The van der Waals surface area contributed by atoms with Crippen LogP contribution in [-0.4, -0.2) is 23.5 Å². The lowest BCUT2D eigenvalue weighted by molar-refractivity contribution is 0.124. The number of nitriles is 1. The van der Waals surface area contributed by atoms with E-state index in [0.29, 0.717) is 0 Å². The van der Waals surface area contributed by atoms with E-state index >= 15 is 0 Å². The zero-order chi connectivity index (χ0) is 13.0. The van der Waals surface area contributed by atoms with Crippen LogP contribution in [0.15, 0.2) is 24.3 Å². The van der Waals surface area contributed by atoms with E-state index in [4.69, 9.17) is 11.6 Å². The Morgan fingerprint density at radius 1 is 1.33 bits per heavy atom. The summed E-state index contributed by atoms with van der Waals surface area (Å²) >= 11 is 6.01. The second-order valence-corrected chi connectivity index (χ2v) is 5.68. The van der Waals surface area contributed by atoms with Gasteiger partial charge in [0.15, 0.2) is 0 Å². The van der Waals surface area contributed by atoms with E-state index in [9.17, 15) is 5.26 Å². The van der Waals surface area contributed by atoms with Crippen LogP contribution >= 0.6 is 11.6 Å². The summed E-state index contributed by atoms with van der Waals surface area (Å²) in [6.45, 7) is 4.11. The molecule has 0 aliphatic carbocycles. The maximum absolute atomic E-state index is 9.54.